The molecule has 0 spiro atoms. The molecule has 19 heavy (non-hydrogen) atoms. The number of carboxylic acids is 1. The van der Waals surface area contributed by atoms with Crippen LogP contribution in [0.5, 0.6) is 5.75 Å². The monoisotopic (exact) mass is 259 g/mol. The van der Waals surface area contributed by atoms with Gasteiger partial charge in [0.05, 0.1) is 6.54 Å². The van der Waals surface area contributed by atoms with E-state index in [1.807, 2.05) is 18.2 Å². The summed E-state index contributed by atoms with van der Waals surface area (Å²) in [5, 5.41) is 9.01. The zero-order chi connectivity index (χ0) is 13.7. The van der Waals surface area contributed by atoms with Crippen molar-refractivity contribution in [3.05, 3.63) is 64.6 Å². The molecule has 0 aliphatic carbocycles. The van der Waals surface area contributed by atoms with E-state index in [1.165, 1.54) is 22.8 Å². The van der Waals surface area contributed by atoms with E-state index in [9.17, 15) is 9.59 Å². The van der Waals surface area contributed by atoms with Crippen LogP contribution in [0, 0.1) is 0 Å². The molecule has 0 bridgehead atoms. The Balaban J connectivity index is 2.08. The van der Waals surface area contributed by atoms with Crippen molar-refractivity contribution in [1.82, 2.24) is 4.57 Å². The molecule has 5 nitrogen and oxygen atoms in total. The minimum absolute atomic E-state index is 0.0378. The van der Waals surface area contributed by atoms with E-state index in [-0.39, 0.29) is 24.4 Å². The van der Waals surface area contributed by atoms with Crippen LogP contribution in [0.2, 0.25) is 0 Å². The number of nitrogens with zero attached hydrogens (tertiary/aromatic N) is 1. The number of carboxylic acid groups (broad SMARTS) is 1. The Morgan fingerprint density at radius 2 is 1.84 bits per heavy atom. The lowest BCUT2D eigenvalue weighted by atomic mass is 10.3. The number of pyridine rings is 1. The highest BCUT2D eigenvalue weighted by atomic mass is 16.5. The molecule has 0 aliphatic heterocycles. The Morgan fingerprint density at radius 3 is 2.53 bits per heavy atom. The van der Waals surface area contributed by atoms with Crippen LogP contribution in [-0.2, 0) is 6.54 Å². The Labute approximate surface area is 109 Å². The normalized spacial score (nSPS) is 10.1. The molecule has 1 aromatic carbocycles. The zero-order valence-electron chi connectivity index (χ0n) is 10.2. The van der Waals surface area contributed by atoms with Crippen molar-refractivity contribution >= 4 is 5.97 Å². The molecular weight excluding hydrogens is 246 g/mol. The third-order valence-corrected chi connectivity index (χ3v) is 2.60. The van der Waals surface area contributed by atoms with Crippen LogP contribution in [0.25, 0.3) is 0 Å². The molecule has 0 atom stereocenters. The third kappa shape index (κ3) is 3.22. The number of benzene rings is 1. The smallest absolute Gasteiger partial charge is 0.352 e. The van der Waals surface area contributed by atoms with Crippen molar-refractivity contribution < 1.29 is 14.6 Å². The molecule has 0 saturated heterocycles. The van der Waals surface area contributed by atoms with E-state index in [2.05, 4.69) is 0 Å². The van der Waals surface area contributed by atoms with Gasteiger partial charge in [0.25, 0.3) is 5.56 Å². The van der Waals surface area contributed by atoms with E-state index in [0.29, 0.717) is 5.75 Å². The molecule has 0 unspecified atom stereocenters. The molecule has 5 heteroatoms. The van der Waals surface area contributed by atoms with Crippen LogP contribution in [0.15, 0.2) is 53.3 Å². The van der Waals surface area contributed by atoms with Gasteiger partial charge in [-0.25, -0.2) is 4.79 Å². The van der Waals surface area contributed by atoms with Gasteiger partial charge in [0, 0.05) is 6.07 Å². The predicted molar refractivity (Wildman–Crippen MR) is 69.6 cm³/mol. The van der Waals surface area contributed by atoms with Crippen LogP contribution in [0.4, 0.5) is 0 Å². The lowest BCUT2D eigenvalue weighted by molar-refractivity contribution is 0.0682. The van der Waals surface area contributed by atoms with E-state index >= 15 is 0 Å². The van der Waals surface area contributed by atoms with Crippen LogP contribution in [0.3, 0.4) is 0 Å². The number of hydrogen-bond donors (Lipinski definition) is 1. The van der Waals surface area contributed by atoms with Gasteiger partial charge in [-0.15, -0.1) is 0 Å². The quantitative estimate of drug-likeness (QED) is 0.886. The second-order valence-corrected chi connectivity index (χ2v) is 3.87. The minimum Gasteiger partial charge on any atom is -0.492 e. The first-order chi connectivity index (χ1) is 9.18. The van der Waals surface area contributed by atoms with E-state index in [4.69, 9.17) is 9.84 Å². The summed E-state index contributed by atoms with van der Waals surface area (Å²) < 4.78 is 6.63. The van der Waals surface area contributed by atoms with Gasteiger partial charge in [0.15, 0.2) is 0 Å². The van der Waals surface area contributed by atoms with Gasteiger partial charge in [-0.3, -0.25) is 9.36 Å². The summed E-state index contributed by atoms with van der Waals surface area (Å²) in [5.74, 6) is -0.444. The molecule has 0 amide bonds. The first-order valence-corrected chi connectivity index (χ1v) is 5.79. The van der Waals surface area contributed by atoms with Crippen LogP contribution >= 0.6 is 0 Å². The summed E-state index contributed by atoms with van der Waals surface area (Å²) >= 11 is 0. The fourth-order valence-electron chi connectivity index (χ4n) is 1.71. The maximum Gasteiger partial charge on any atom is 0.352 e. The Hall–Kier alpha value is -2.56. The number of aromatic nitrogens is 1. The van der Waals surface area contributed by atoms with Gasteiger partial charge in [-0.1, -0.05) is 24.3 Å². The standard InChI is InChI=1S/C14H13NO4/c16-13-8-4-7-12(14(17)18)15(13)9-10-19-11-5-2-1-3-6-11/h1-8H,9-10H2,(H,17,18). The number of aromatic carboxylic acids is 1. The summed E-state index contributed by atoms with van der Waals surface area (Å²) in [6.07, 6.45) is 0. The molecule has 0 fully saturated rings. The molecular formula is C14H13NO4. The summed E-state index contributed by atoms with van der Waals surface area (Å²) in [4.78, 5) is 22.6. The van der Waals surface area contributed by atoms with Crippen LogP contribution in [0.1, 0.15) is 10.5 Å². The summed E-state index contributed by atoms with van der Waals surface area (Å²) in [6, 6.07) is 13.3. The molecule has 98 valence electrons. The van der Waals surface area contributed by atoms with Crippen molar-refractivity contribution in [3.63, 3.8) is 0 Å². The van der Waals surface area contributed by atoms with E-state index in [1.54, 1.807) is 12.1 Å². The molecule has 0 saturated carbocycles. The summed E-state index contributed by atoms with van der Waals surface area (Å²) in [7, 11) is 0. The van der Waals surface area contributed by atoms with Crippen LogP contribution in [-0.4, -0.2) is 22.2 Å². The summed E-state index contributed by atoms with van der Waals surface area (Å²) in [6.45, 7) is 0.421. The van der Waals surface area contributed by atoms with Crippen molar-refractivity contribution in [2.45, 2.75) is 6.54 Å². The van der Waals surface area contributed by atoms with Crippen LogP contribution < -0.4 is 10.3 Å². The Bertz CT molecular complexity index is 619. The van der Waals surface area contributed by atoms with Gasteiger partial charge < -0.3 is 9.84 Å². The number of hydrogen-bond acceptors (Lipinski definition) is 3. The largest absolute Gasteiger partial charge is 0.492 e. The van der Waals surface area contributed by atoms with Crippen molar-refractivity contribution in [2.24, 2.45) is 0 Å². The highest BCUT2D eigenvalue weighted by Crippen LogP contribution is 2.08. The molecule has 1 aromatic heterocycles. The zero-order valence-corrected chi connectivity index (χ0v) is 10.2. The predicted octanol–water partition coefficient (Wildman–Crippen LogP) is 1.63. The average Bonchev–Trinajstić information content (AvgIpc) is 2.41. The number of ether oxygens (including phenoxy) is 1. The molecule has 1 N–H and O–H groups in total. The van der Waals surface area contributed by atoms with Crippen molar-refractivity contribution in [1.29, 1.82) is 0 Å². The van der Waals surface area contributed by atoms with Gasteiger partial charge in [0.1, 0.15) is 18.1 Å². The highest BCUT2D eigenvalue weighted by molar-refractivity contribution is 5.85. The van der Waals surface area contributed by atoms with E-state index < -0.39 is 5.97 Å². The number of para-hydroxylation sites is 1. The van der Waals surface area contributed by atoms with Crippen molar-refractivity contribution in [2.75, 3.05) is 6.61 Å². The maximum atomic E-state index is 11.6. The molecule has 2 aromatic rings. The fraction of sp³-hybridized carbons (Fsp3) is 0.143. The minimum atomic E-state index is -1.13. The molecule has 1 heterocycles. The van der Waals surface area contributed by atoms with Gasteiger partial charge in [0.2, 0.25) is 0 Å². The first kappa shape index (κ1) is 12.9. The SMILES string of the molecule is O=C(O)c1cccc(=O)n1CCOc1ccccc1. The lowest BCUT2D eigenvalue weighted by Crippen LogP contribution is -2.27. The number of rotatable bonds is 5. The maximum absolute atomic E-state index is 11.6. The van der Waals surface area contributed by atoms with E-state index in [0.717, 1.165) is 0 Å². The van der Waals surface area contributed by atoms with Gasteiger partial charge >= 0.3 is 5.97 Å². The molecule has 2 rings (SSSR count). The molecule has 0 aliphatic rings. The summed E-state index contributed by atoms with van der Waals surface area (Å²) in [5.41, 5.74) is -0.388. The third-order valence-electron chi connectivity index (χ3n) is 2.60. The topological polar surface area (TPSA) is 68.5 Å². The second kappa shape index (κ2) is 5.86. The van der Waals surface area contributed by atoms with Crippen molar-refractivity contribution in [3.8, 4) is 5.75 Å². The fourth-order valence-corrected chi connectivity index (χ4v) is 1.71. The highest BCUT2D eigenvalue weighted by Gasteiger charge is 2.09. The molecule has 0 radical (unpaired) electrons. The van der Waals surface area contributed by atoms with Gasteiger partial charge in [-0.2, -0.15) is 0 Å². The number of carbonyl (C=O) groups is 1. The van der Waals surface area contributed by atoms with Gasteiger partial charge in [-0.05, 0) is 18.2 Å². The first-order valence-electron chi connectivity index (χ1n) is 5.79. The lowest BCUT2D eigenvalue weighted by Gasteiger charge is -2.10. The Kier molecular flexibility index (Phi) is 3.97. The average molecular weight is 259 g/mol. The second-order valence-electron chi connectivity index (χ2n) is 3.87. The Morgan fingerprint density at radius 1 is 1.11 bits per heavy atom.